The largest absolute Gasteiger partial charge is 0.381 e. The van der Waals surface area contributed by atoms with Crippen molar-refractivity contribution in [2.75, 3.05) is 13.2 Å². The molecule has 0 saturated carbocycles. The van der Waals surface area contributed by atoms with Crippen molar-refractivity contribution in [3.05, 3.63) is 34.9 Å². The number of fused-ring (bicyclic) bond motifs is 1. The lowest BCUT2D eigenvalue weighted by molar-refractivity contribution is -0.119. The number of aryl methyl sites for hydroxylation is 1. The molecule has 1 saturated heterocycles. The van der Waals surface area contributed by atoms with Crippen LogP contribution in [0.25, 0.3) is 15.9 Å². The van der Waals surface area contributed by atoms with E-state index in [0.29, 0.717) is 13.2 Å². The number of aromatic nitrogens is 4. The highest BCUT2D eigenvalue weighted by atomic mass is 32.1. The van der Waals surface area contributed by atoms with E-state index in [9.17, 15) is 4.79 Å². The van der Waals surface area contributed by atoms with Gasteiger partial charge in [0.25, 0.3) is 0 Å². The number of thiazole rings is 1. The van der Waals surface area contributed by atoms with Gasteiger partial charge in [-0.25, -0.2) is 14.6 Å². The van der Waals surface area contributed by atoms with Crippen molar-refractivity contribution < 1.29 is 9.53 Å². The predicted octanol–water partition coefficient (Wildman–Crippen LogP) is 2.33. The molecule has 4 rings (SSSR count). The first kappa shape index (κ1) is 16.2. The van der Waals surface area contributed by atoms with Crippen LogP contribution in [-0.4, -0.2) is 38.9 Å². The number of hydrogen-bond donors (Lipinski definition) is 1. The Kier molecular flexibility index (Phi) is 4.22. The van der Waals surface area contributed by atoms with Gasteiger partial charge >= 0.3 is 0 Å². The monoisotopic (exact) mass is 357 g/mol. The summed E-state index contributed by atoms with van der Waals surface area (Å²) in [7, 11) is 0. The van der Waals surface area contributed by atoms with E-state index in [1.54, 1.807) is 11.3 Å². The standard InChI is InChI=1S/C17H19N5O2S/c1-10(23)18-8-16-20-17(12-5-6-24-9-12)21-22(16)13-3-4-14-15(7-13)25-11(2)19-14/h3-4,7,12H,5-6,8-9H2,1-2H3,(H,18,23)/t12-/m1/s1. The van der Waals surface area contributed by atoms with Gasteiger partial charge in [0.2, 0.25) is 5.91 Å². The maximum absolute atomic E-state index is 11.3. The smallest absolute Gasteiger partial charge is 0.217 e. The Hall–Kier alpha value is -2.32. The molecule has 130 valence electrons. The average Bonchev–Trinajstić information content (AvgIpc) is 3.30. The molecule has 3 heterocycles. The number of carbonyl (C=O) groups is 1. The summed E-state index contributed by atoms with van der Waals surface area (Å²) >= 11 is 1.65. The number of carbonyl (C=O) groups excluding carboxylic acids is 1. The van der Waals surface area contributed by atoms with Gasteiger partial charge in [0.15, 0.2) is 11.6 Å². The first-order valence-corrected chi connectivity index (χ1v) is 9.07. The van der Waals surface area contributed by atoms with E-state index in [2.05, 4.69) is 21.4 Å². The molecule has 0 spiro atoms. The number of rotatable bonds is 4. The minimum Gasteiger partial charge on any atom is -0.381 e. The topological polar surface area (TPSA) is 81.9 Å². The van der Waals surface area contributed by atoms with Crippen molar-refractivity contribution in [1.29, 1.82) is 0 Å². The Bertz CT molecular complexity index is 926. The van der Waals surface area contributed by atoms with Crippen LogP contribution >= 0.6 is 11.3 Å². The second kappa shape index (κ2) is 6.53. The summed E-state index contributed by atoms with van der Waals surface area (Å²) in [5.41, 5.74) is 1.91. The zero-order valence-electron chi connectivity index (χ0n) is 14.2. The Balaban J connectivity index is 1.74. The van der Waals surface area contributed by atoms with Gasteiger partial charge in [-0.1, -0.05) is 0 Å². The molecule has 1 aliphatic heterocycles. The molecule has 1 atom stereocenters. The van der Waals surface area contributed by atoms with Crippen LogP contribution in [0.4, 0.5) is 0 Å². The number of benzene rings is 1. The molecule has 1 fully saturated rings. The highest BCUT2D eigenvalue weighted by Gasteiger charge is 2.24. The second-order valence-corrected chi connectivity index (χ2v) is 7.39. The third-order valence-electron chi connectivity index (χ3n) is 4.20. The van der Waals surface area contributed by atoms with Gasteiger partial charge in [0, 0.05) is 19.4 Å². The minimum atomic E-state index is -0.0890. The Morgan fingerprint density at radius 3 is 3.08 bits per heavy atom. The lowest BCUT2D eigenvalue weighted by atomic mass is 10.1. The first-order valence-electron chi connectivity index (χ1n) is 8.26. The fraction of sp³-hybridized carbons (Fsp3) is 0.412. The molecule has 8 heteroatoms. The molecule has 1 aliphatic rings. The van der Waals surface area contributed by atoms with Crippen molar-refractivity contribution in [2.45, 2.75) is 32.7 Å². The van der Waals surface area contributed by atoms with Gasteiger partial charge in [-0.2, -0.15) is 5.10 Å². The van der Waals surface area contributed by atoms with Gasteiger partial charge in [-0.3, -0.25) is 4.79 Å². The molecule has 0 bridgehead atoms. The summed E-state index contributed by atoms with van der Waals surface area (Å²) < 4.78 is 8.39. The second-order valence-electron chi connectivity index (χ2n) is 6.15. The lowest BCUT2D eigenvalue weighted by Crippen LogP contribution is -2.21. The number of hydrogen-bond acceptors (Lipinski definition) is 6. The van der Waals surface area contributed by atoms with E-state index in [4.69, 9.17) is 9.84 Å². The molecular formula is C17H19N5O2S. The van der Waals surface area contributed by atoms with Crippen LogP contribution in [0.15, 0.2) is 18.2 Å². The highest BCUT2D eigenvalue weighted by Crippen LogP contribution is 2.27. The van der Waals surface area contributed by atoms with Gasteiger partial charge in [0.1, 0.15) is 0 Å². The van der Waals surface area contributed by atoms with E-state index in [-0.39, 0.29) is 11.8 Å². The summed E-state index contributed by atoms with van der Waals surface area (Å²) in [5, 5.41) is 8.56. The lowest BCUT2D eigenvalue weighted by Gasteiger charge is -2.06. The molecule has 1 aromatic carbocycles. The number of amides is 1. The van der Waals surface area contributed by atoms with Gasteiger partial charge in [0.05, 0.1) is 34.1 Å². The molecule has 2 aromatic heterocycles. The predicted molar refractivity (Wildman–Crippen MR) is 95.0 cm³/mol. The molecular weight excluding hydrogens is 338 g/mol. The molecule has 25 heavy (non-hydrogen) atoms. The summed E-state index contributed by atoms with van der Waals surface area (Å²) in [5.74, 6) is 1.62. The summed E-state index contributed by atoms with van der Waals surface area (Å²) in [6, 6.07) is 6.06. The quantitative estimate of drug-likeness (QED) is 0.775. The third-order valence-corrected chi connectivity index (χ3v) is 5.14. The van der Waals surface area contributed by atoms with E-state index < -0.39 is 0 Å². The Morgan fingerprint density at radius 2 is 2.32 bits per heavy atom. The van der Waals surface area contributed by atoms with Crippen LogP contribution in [-0.2, 0) is 16.1 Å². The van der Waals surface area contributed by atoms with E-state index >= 15 is 0 Å². The van der Waals surface area contributed by atoms with Gasteiger partial charge < -0.3 is 10.1 Å². The molecule has 7 nitrogen and oxygen atoms in total. The first-order chi connectivity index (χ1) is 12.1. The van der Waals surface area contributed by atoms with Crippen molar-refractivity contribution in [3.63, 3.8) is 0 Å². The van der Waals surface area contributed by atoms with Crippen molar-refractivity contribution >= 4 is 27.5 Å². The number of nitrogens with zero attached hydrogens (tertiary/aromatic N) is 4. The summed E-state index contributed by atoms with van der Waals surface area (Å²) in [6.45, 7) is 5.23. The fourth-order valence-corrected chi connectivity index (χ4v) is 3.82. The van der Waals surface area contributed by atoms with Crippen LogP contribution in [0, 0.1) is 6.92 Å². The maximum Gasteiger partial charge on any atom is 0.217 e. The van der Waals surface area contributed by atoms with Crippen LogP contribution in [0.1, 0.15) is 35.9 Å². The zero-order chi connectivity index (χ0) is 17.4. The minimum absolute atomic E-state index is 0.0890. The van der Waals surface area contributed by atoms with Crippen molar-refractivity contribution in [1.82, 2.24) is 25.1 Å². The fourth-order valence-electron chi connectivity index (χ4n) is 2.96. The highest BCUT2D eigenvalue weighted by molar-refractivity contribution is 7.18. The van der Waals surface area contributed by atoms with Crippen LogP contribution in [0.5, 0.6) is 0 Å². The maximum atomic E-state index is 11.3. The Labute approximate surface area is 149 Å². The van der Waals surface area contributed by atoms with Gasteiger partial charge in [-0.05, 0) is 31.5 Å². The SMILES string of the molecule is CC(=O)NCc1nc([C@@H]2CCOC2)nn1-c1ccc2nc(C)sc2c1. The molecule has 0 aliphatic carbocycles. The Morgan fingerprint density at radius 1 is 1.44 bits per heavy atom. The molecule has 3 aromatic rings. The van der Waals surface area contributed by atoms with Crippen LogP contribution in [0.2, 0.25) is 0 Å². The molecule has 0 radical (unpaired) electrons. The summed E-state index contributed by atoms with van der Waals surface area (Å²) in [6.07, 6.45) is 0.927. The molecule has 1 amide bonds. The average molecular weight is 357 g/mol. The van der Waals surface area contributed by atoms with Crippen LogP contribution < -0.4 is 5.32 Å². The van der Waals surface area contributed by atoms with E-state index in [1.807, 2.05) is 23.7 Å². The van der Waals surface area contributed by atoms with Gasteiger partial charge in [-0.15, -0.1) is 11.3 Å². The van der Waals surface area contributed by atoms with Crippen molar-refractivity contribution in [2.24, 2.45) is 0 Å². The third kappa shape index (κ3) is 3.27. The van der Waals surface area contributed by atoms with E-state index in [0.717, 1.165) is 45.6 Å². The zero-order valence-corrected chi connectivity index (χ0v) is 15.0. The van der Waals surface area contributed by atoms with E-state index in [1.165, 1.54) is 6.92 Å². The molecule has 1 N–H and O–H groups in total. The normalized spacial score (nSPS) is 17.3. The number of ether oxygens (including phenoxy) is 1. The molecule has 0 unspecified atom stereocenters. The van der Waals surface area contributed by atoms with Crippen LogP contribution in [0.3, 0.4) is 0 Å². The van der Waals surface area contributed by atoms with Crippen molar-refractivity contribution in [3.8, 4) is 5.69 Å². The number of nitrogens with one attached hydrogen (secondary N) is 1. The summed E-state index contributed by atoms with van der Waals surface area (Å²) in [4.78, 5) is 20.5.